The Morgan fingerprint density at radius 2 is 1.52 bits per heavy atom. The number of aliphatic hydroxyl groups is 1. The monoisotopic (exact) mass is 767 g/mol. The minimum atomic E-state index is -3.90. The van der Waals surface area contributed by atoms with Gasteiger partial charge in [0, 0.05) is 25.2 Å². The van der Waals surface area contributed by atoms with Crippen molar-refractivity contribution in [1.82, 2.24) is 14.9 Å². The zero-order valence-corrected chi connectivity index (χ0v) is 32.2. The highest BCUT2D eigenvalue weighted by molar-refractivity contribution is 7.54. The van der Waals surface area contributed by atoms with E-state index in [9.17, 15) is 24.1 Å². The number of nitrogens with one attached hydrogen (secondary N) is 2. The number of ether oxygens (including phenoxy) is 1. The van der Waals surface area contributed by atoms with Crippen LogP contribution in [0, 0.1) is 0 Å². The van der Waals surface area contributed by atoms with Gasteiger partial charge in [-0.2, -0.15) is 0 Å². The molecule has 0 spiro atoms. The average molecular weight is 768 g/mol. The number of halogens is 1. The van der Waals surface area contributed by atoms with Crippen LogP contribution in [0.2, 0.25) is 0 Å². The molecule has 11 nitrogen and oxygen atoms in total. The molecule has 0 saturated carbocycles. The van der Waals surface area contributed by atoms with E-state index in [0.29, 0.717) is 12.8 Å². The van der Waals surface area contributed by atoms with Crippen LogP contribution < -0.4 is 21.1 Å². The maximum absolute atomic E-state index is 15.6. The van der Waals surface area contributed by atoms with Crippen molar-refractivity contribution in [2.24, 2.45) is 0 Å². The summed E-state index contributed by atoms with van der Waals surface area (Å²) in [6, 6.07) is 9.39. The number of hydrogen-bond acceptors (Lipinski definition) is 8. The fourth-order valence-corrected chi connectivity index (χ4v) is 7.01. The summed E-state index contributed by atoms with van der Waals surface area (Å²) in [4.78, 5) is 38.2. The Hall–Kier alpha value is -4.35. The van der Waals surface area contributed by atoms with Gasteiger partial charge in [-0.1, -0.05) is 98.0 Å². The molecule has 2 aromatic rings. The van der Waals surface area contributed by atoms with Gasteiger partial charge in [0.1, 0.15) is 18.0 Å². The molecule has 0 bridgehead atoms. The van der Waals surface area contributed by atoms with Crippen LogP contribution in [0.1, 0.15) is 77.9 Å². The minimum absolute atomic E-state index is 0.0894. The highest BCUT2D eigenvalue weighted by Gasteiger charge is 2.55. The number of para-hydroxylation sites is 1. The Morgan fingerprint density at radius 3 is 2.09 bits per heavy atom. The topological polar surface area (TPSA) is 149 Å². The molecule has 1 fully saturated rings. The van der Waals surface area contributed by atoms with E-state index in [-0.39, 0.29) is 30.8 Å². The van der Waals surface area contributed by atoms with Gasteiger partial charge in [0.05, 0.1) is 12.8 Å². The molecule has 0 radical (unpaired) electrons. The molecule has 1 aliphatic rings. The fraction of sp³-hybridized carbons (Fsp3) is 0.439. The molecule has 1 amide bonds. The smallest absolute Gasteiger partial charge is 0.379 e. The molecule has 2 unspecified atom stereocenters. The minimum Gasteiger partial charge on any atom is -0.424 e. The van der Waals surface area contributed by atoms with Crippen molar-refractivity contribution < 1.29 is 32.6 Å². The molecule has 13 heteroatoms. The molecular weight excluding hydrogens is 712 g/mol. The number of rotatable bonds is 24. The van der Waals surface area contributed by atoms with Crippen molar-refractivity contribution in [2.75, 3.05) is 19.3 Å². The van der Waals surface area contributed by atoms with E-state index >= 15 is 4.39 Å². The van der Waals surface area contributed by atoms with Crippen LogP contribution in [0.5, 0.6) is 5.75 Å². The van der Waals surface area contributed by atoms with Gasteiger partial charge in [-0.25, -0.2) is 13.8 Å². The number of alkyl halides is 1. The van der Waals surface area contributed by atoms with E-state index in [1.807, 2.05) is 17.1 Å². The van der Waals surface area contributed by atoms with Gasteiger partial charge < -0.3 is 19.7 Å². The summed E-state index contributed by atoms with van der Waals surface area (Å²) in [5, 5.41) is 13.5. The number of benzene rings is 1. The third kappa shape index (κ3) is 15.9. The van der Waals surface area contributed by atoms with E-state index < -0.39 is 49.6 Å². The zero-order valence-electron chi connectivity index (χ0n) is 31.3. The molecule has 3 N–H and O–H groups in total. The van der Waals surface area contributed by atoms with E-state index in [4.69, 9.17) is 13.8 Å². The number of carbonyl (C=O) groups excluding carboxylic acids is 1. The number of nitrogens with zero attached hydrogens (tertiary/aromatic N) is 1. The highest BCUT2D eigenvalue weighted by atomic mass is 31.2. The van der Waals surface area contributed by atoms with Crippen LogP contribution in [0.15, 0.2) is 125 Å². The van der Waals surface area contributed by atoms with Gasteiger partial charge >= 0.3 is 13.3 Å². The van der Waals surface area contributed by atoms with Gasteiger partial charge in [0.2, 0.25) is 5.91 Å². The molecule has 1 aliphatic heterocycles. The van der Waals surface area contributed by atoms with Crippen LogP contribution >= 0.6 is 7.60 Å². The lowest BCUT2D eigenvalue weighted by atomic mass is 9.98. The lowest BCUT2D eigenvalue weighted by Crippen LogP contribution is -2.43. The van der Waals surface area contributed by atoms with Gasteiger partial charge in [0.25, 0.3) is 5.56 Å². The third-order valence-electron chi connectivity index (χ3n) is 8.31. The molecule has 294 valence electrons. The lowest BCUT2D eigenvalue weighted by molar-refractivity contribution is -0.121. The first-order chi connectivity index (χ1) is 26.1. The van der Waals surface area contributed by atoms with Crippen molar-refractivity contribution in [1.29, 1.82) is 0 Å². The molecular formula is C41H55FN3O8P. The summed E-state index contributed by atoms with van der Waals surface area (Å²) >= 11 is 0. The summed E-state index contributed by atoms with van der Waals surface area (Å²) in [6.07, 6.45) is 28.6. The Balaban J connectivity index is 1.36. The molecule has 54 heavy (non-hydrogen) atoms. The van der Waals surface area contributed by atoms with E-state index in [0.717, 1.165) is 62.3 Å². The Bertz CT molecular complexity index is 1760. The van der Waals surface area contributed by atoms with Crippen molar-refractivity contribution in [3.63, 3.8) is 0 Å². The summed E-state index contributed by atoms with van der Waals surface area (Å²) in [5.41, 5.74) is -4.03. The second-order valence-electron chi connectivity index (χ2n) is 12.8. The number of hydrogen-bond donors (Lipinski definition) is 3. The van der Waals surface area contributed by atoms with E-state index in [1.54, 1.807) is 30.3 Å². The second-order valence-corrected chi connectivity index (χ2v) is 14.9. The van der Waals surface area contributed by atoms with Gasteiger partial charge in [-0.15, -0.1) is 0 Å². The molecule has 5 atom stereocenters. The fourth-order valence-electron chi connectivity index (χ4n) is 5.37. The average Bonchev–Trinajstić information content (AvgIpc) is 3.37. The van der Waals surface area contributed by atoms with Gasteiger partial charge in [0.15, 0.2) is 11.9 Å². The number of H-pyrrole nitrogens is 1. The zero-order chi connectivity index (χ0) is 39.1. The third-order valence-corrected chi connectivity index (χ3v) is 10.2. The van der Waals surface area contributed by atoms with Crippen molar-refractivity contribution in [3.8, 4) is 5.75 Å². The lowest BCUT2D eigenvalue weighted by Gasteiger charge is -2.24. The highest BCUT2D eigenvalue weighted by Crippen LogP contribution is 2.50. The number of aromatic amines is 1. The summed E-state index contributed by atoms with van der Waals surface area (Å²) in [6.45, 7) is 2.90. The first-order valence-electron chi connectivity index (χ1n) is 18.5. The SMILES string of the molecule is CC/C=C\C/C=C\C/C=C\C/C=C\C/C=C\C/C=C\CCC(=O)NCCCP(=O)(OC[C@H]1OC(n2ccc(=O)[nH]c2=O)[C@](C)(F)[C@@H]1O)Oc1ccccc1. The summed E-state index contributed by atoms with van der Waals surface area (Å²) in [7, 11) is -3.90. The standard InChI is InChI=1S/C41H55FN3O8P/c1-3-4-5-6-7-8-9-10-11-12-13-14-15-16-17-18-19-20-24-28-36(46)43-30-25-32-54(50,53-34-26-22-21-23-27-34)51-33-35-38(48)41(2,42)39(52-35)45-31-29-37(47)44-40(45)49/h4-5,7-8,10-11,13-14,16-17,19-23,26-27,29,31,35,38-39,48H,3,6,9,12,15,18,24-25,28,30,32-33H2,1-2H3,(H,43,46)(H,44,47,49)/b5-4-,8-7-,11-10-,14-13-,17-16-,20-19-/t35-,38-,39?,41-,54?/m1/s1. The Labute approximate surface area is 317 Å². The number of allylic oxidation sites excluding steroid dienone is 12. The van der Waals surface area contributed by atoms with Crippen molar-refractivity contribution in [2.45, 2.75) is 95.7 Å². The second kappa shape index (κ2) is 24.1. The molecule has 0 aliphatic carbocycles. The van der Waals surface area contributed by atoms with E-state index in [2.05, 4.69) is 73.0 Å². The summed E-state index contributed by atoms with van der Waals surface area (Å²) in [5.74, 6) is 0.129. The molecule has 1 aromatic carbocycles. The predicted octanol–water partition coefficient (Wildman–Crippen LogP) is 7.80. The predicted molar refractivity (Wildman–Crippen MR) is 211 cm³/mol. The quantitative estimate of drug-likeness (QED) is 0.0557. The van der Waals surface area contributed by atoms with Crippen LogP contribution in [0.25, 0.3) is 0 Å². The maximum Gasteiger partial charge on any atom is 0.379 e. The van der Waals surface area contributed by atoms with Crippen LogP contribution in [-0.4, -0.2) is 57.8 Å². The van der Waals surface area contributed by atoms with Crippen LogP contribution in [-0.2, 0) is 18.6 Å². The molecule has 2 heterocycles. The largest absolute Gasteiger partial charge is 0.424 e. The summed E-state index contributed by atoms with van der Waals surface area (Å²) < 4.78 is 47.4. The number of amides is 1. The Kier molecular flexibility index (Phi) is 19.7. The maximum atomic E-state index is 15.6. The molecule has 1 saturated heterocycles. The number of aliphatic hydroxyl groups excluding tert-OH is 1. The van der Waals surface area contributed by atoms with Gasteiger partial charge in [-0.05, 0) is 70.4 Å². The van der Waals surface area contributed by atoms with Crippen molar-refractivity contribution >= 4 is 13.5 Å². The van der Waals surface area contributed by atoms with Crippen LogP contribution in [0.4, 0.5) is 4.39 Å². The van der Waals surface area contributed by atoms with E-state index in [1.165, 1.54) is 0 Å². The first-order valence-corrected chi connectivity index (χ1v) is 20.3. The number of aromatic nitrogens is 2. The molecule has 1 aromatic heterocycles. The normalized spacial score (nSPS) is 21.7. The van der Waals surface area contributed by atoms with Gasteiger partial charge in [-0.3, -0.25) is 23.7 Å². The Morgan fingerprint density at radius 1 is 0.944 bits per heavy atom. The number of carbonyl (C=O) groups is 1. The van der Waals surface area contributed by atoms with Crippen LogP contribution in [0.3, 0.4) is 0 Å². The molecule has 3 rings (SSSR count). The first kappa shape index (κ1) is 44.0. The van der Waals surface area contributed by atoms with Crippen molar-refractivity contribution in [3.05, 3.63) is 136 Å².